The highest BCUT2D eigenvalue weighted by molar-refractivity contribution is 5.95. The van der Waals surface area contributed by atoms with E-state index in [1.807, 2.05) is 59.4 Å². The summed E-state index contributed by atoms with van der Waals surface area (Å²) in [5.74, 6) is 0.142. The van der Waals surface area contributed by atoms with Crippen molar-refractivity contribution in [2.24, 2.45) is 11.7 Å². The molecule has 4 N–H and O–H groups in total. The Morgan fingerprint density at radius 1 is 1.14 bits per heavy atom. The van der Waals surface area contributed by atoms with Crippen LogP contribution in [0.1, 0.15) is 28.8 Å². The van der Waals surface area contributed by atoms with E-state index in [1.54, 1.807) is 6.20 Å². The summed E-state index contributed by atoms with van der Waals surface area (Å²) in [7, 11) is 0. The molecule has 0 bridgehead atoms. The van der Waals surface area contributed by atoms with Crippen molar-refractivity contribution in [1.29, 1.82) is 0 Å². The summed E-state index contributed by atoms with van der Waals surface area (Å²) in [6, 6.07) is 17.3. The number of benzene rings is 2. The maximum atomic E-state index is 12.7. The molecule has 1 heterocycles. The summed E-state index contributed by atoms with van der Waals surface area (Å²) in [4.78, 5) is 12.7. The second kappa shape index (κ2) is 8.59. The summed E-state index contributed by atoms with van der Waals surface area (Å²) in [6.45, 7) is 1.26. The number of carbonyl (C=O) groups is 1. The molecule has 0 saturated heterocycles. The molecule has 0 spiro atoms. The Kier molecular flexibility index (Phi) is 5.74. The van der Waals surface area contributed by atoms with E-state index in [0.717, 1.165) is 29.7 Å². The zero-order chi connectivity index (χ0) is 20.2. The van der Waals surface area contributed by atoms with E-state index < -0.39 is 6.10 Å². The highest BCUT2D eigenvalue weighted by Gasteiger charge is 2.34. The van der Waals surface area contributed by atoms with Crippen molar-refractivity contribution < 1.29 is 9.90 Å². The number of nitrogens with one attached hydrogen (secondary N) is 1. The van der Waals surface area contributed by atoms with E-state index in [1.165, 1.54) is 0 Å². The molecule has 3 aromatic rings. The first-order valence-corrected chi connectivity index (χ1v) is 9.98. The van der Waals surface area contributed by atoms with Crippen molar-refractivity contribution in [2.45, 2.75) is 38.1 Å². The van der Waals surface area contributed by atoms with Crippen LogP contribution in [0.4, 0.5) is 0 Å². The molecule has 6 heteroatoms. The molecule has 150 valence electrons. The van der Waals surface area contributed by atoms with Crippen molar-refractivity contribution in [2.75, 3.05) is 0 Å². The van der Waals surface area contributed by atoms with Crippen LogP contribution < -0.4 is 11.1 Å². The molecular weight excluding hydrogens is 364 g/mol. The molecule has 0 radical (unpaired) electrons. The van der Waals surface area contributed by atoms with E-state index >= 15 is 0 Å². The average molecular weight is 390 g/mol. The van der Waals surface area contributed by atoms with Crippen LogP contribution in [0.3, 0.4) is 0 Å². The van der Waals surface area contributed by atoms with Crippen molar-refractivity contribution in [3.05, 3.63) is 78.1 Å². The van der Waals surface area contributed by atoms with Gasteiger partial charge in [-0.25, -0.2) is 0 Å². The van der Waals surface area contributed by atoms with Gasteiger partial charge < -0.3 is 16.2 Å². The lowest BCUT2D eigenvalue weighted by Gasteiger charge is -2.16. The number of nitrogens with zero attached hydrogens (tertiary/aromatic N) is 2. The smallest absolute Gasteiger partial charge is 0.251 e. The standard InChI is InChI=1S/C23H26N4O2/c24-14-16-3-1-4-20(11-16)18-5-7-19(8-6-18)23(29)26-21-12-17(13-22(21)28)15-27-10-2-9-25-27/h1-11,17,21-22,28H,12-15,24H2,(H,26,29)/t17?,21-,22-/m1/s1. The number of amides is 1. The maximum Gasteiger partial charge on any atom is 0.251 e. The fourth-order valence-corrected chi connectivity index (χ4v) is 4.04. The first kappa shape index (κ1) is 19.4. The second-order valence-electron chi connectivity index (χ2n) is 7.69. The number of aliphatic hydroxyl groups is 1. The Morgan fingerprint density at radius 3 is 2.69 bits per heavy atom. The minimum atomic E-state index is -0.530. The lowest BCUT2D eigenvalue weighted by molar-refractivity contribution is 0.0873. The van der Waals surface area contributed by atoms with Crippen LogP contribution in [-0.4, -0.2) is 32.9 Å². The van der Waals surface area contributed by atoms with Crippen molar-refractivity contribution in [3.8, 4) is 11.1 Å². The first-order chi connectivity index (χ1) is 14.1. The van der Waals surface area contributed by atoms with Crippen LogP contribution in [0, 0.1) is 5.92 Å². The molecule has 1 aromatic heterocycles. The molecule has 0 aliphatic heterocycles. The quantitative estimate of drug-likeness (QED) is 0.603. The number of aromatic nitrogens is 2. The molecule has 1 aliphatic rings. The van der Waals surface area contributed by atoms with E-state index in [-0.39, 0.29) is 11.9 Å². The van der Waals surface area contributed by atoms with Gasteiger partial charge in [-0.2, -0.15) is 5.10 Å². The van der Waals surface area contributed by atoms with Gasteiger partial charge in [0.05, 0.1) is 12.1 Å². The van der Waals surface area contributed by atoms with E-state index in [4.69, 9.17) is 5.73 Å². The van der Waals surface area contributed by atoms with Gasteiger partial charge in [0.2, 0.25) is 0 Å². The van der Waals surface area contributed by atoms with Gasteiger partial charge in [0.15, 0.2) is 0 Å². The molecule has 1 fully saturated rings. The van der Waals surface area contributed by atoms with Gasteiger partial charge in [-0.05, 0) is 59.7 Å². The van der Waals surface area contributed by atoms with Gasteiger partial charge in [-0.1, -0.05) is 30.3 Å². The normalized spacial score (nSPS) is 21.2. The predicted molar refractivity (Wildman–Crippen MR) is 112 cm³/mol. The number of nitrogens with two attached hydrogens (primary N) is 1. The number of aliphatic hydroxyl groups excluding tert-OH is 1. The third-order valence-electron chi connectivity index (χ3n) is 5.59. The van der Waals surface area contributed by atoms with Crippen LogP contribution in [0.25, 0.3) is 11.1 Å². The van der Waals surface area contributed by atoms with Crippen molar-refractivity contribution in [1.82, 2.24) is 15.1 Å². The molecule has 4 rings (SSSR count). The van der Waals surface area contributed by atoms with Gasteiger partial charge >= 0.3 is 0 Å². The van der Waals surface area contributed by atoms with Gasteiger partial charge in [-0.15, -0.1) is 0 Å². The highest BCUT2D eigenvalue weighted by Crippen LogP contribution is 2.28. The van der Waals surface area contributed by atoms with Crippen LogP contribution in [-0.2, 0) is 13.1 Å². The number of rotatable bonds is 6. The lowest BCUT2D eigenvalue weighted by Crippen LogP contribution is -2.39. The third kappa shape index (κ3) is 4.55. The summed E-state index contributed by atoms with van der Waals surface area (Å²) in [6.07, 6.45) is 4.56. The predicted octanol–water partition coefficient (Wildman–Crippen LogP) is 2.58. The fraction of sp³-hybridized carbons (Fsp3) is 0.304. The Morgan fingerprint density at radius 2 is 1.97 bits per heavy atom. The molecule has 1 amide bonds. The Hall–Kier alpha value is -2.96. The van der Waals surface area contributed by atoms with E-state index in [9.17, 15) is 9.90 Å². The largest absolute Gasteiger partial charge is 0.391 e. The van der Waals surface area contributed by atoms with E-state index in [0.29, 0.717) is 24.4 Å². The van der Waals surface area contributed by atoms with Crippen LogP contribution in [0.5, 0.6) is 0 Å². The highest BCUT2D eigenvalue weighted by atomic mass is 16.3. The van der Waals surface area contributed by atoms with Crippen LogP contribution in [0.15, 0.2) is 67.0 Å². The second-order valence-corrected chi connectivity index (χ2v) is 7.69. The molecule has 3 atom stereocenters. The minimum Gasteiger partial charge on any atom is -0.391 e. The van der Waals surface area contributed by atoms with Crippen molar-refractivity contribution in [3.63, 3.8) is 0 Å². The molecule has 1 aliphatic carbocycles. The van der Waals surface area contributed by atoms with Gasteiger partial charge in [0, 0.05) is 31.0 Å². The number of hydrogen-bond donors (Lipinski definition) is 3. The number of carbonyl (C=O) groups excluding carboxylic acids is 1. The molecule has 2 aromatic carbocycles. The Balaban J connectivity index is 1.38. The van der Waals surface area contributed by atoms with Gasteiger partial charge in [-0.3, -0.25) is 9.48 Å². The molecule has 29 heavy (non-hydrogen) atoms. The Labute approximate surface area is 170 Å². The zero-order valence-electron chi connectivity index (χ0n) is 16.2. The lowest BCUT2D eigenvalue weighted by atomic mass is 10.0. The zero-order valence-corrected chi connectivity index (χ0v) is 16.2. The van der Waals surface area contributed by atoms with E-state index in [2.05, 4.69) is 16.5 Å². The Bertz CT molecular complexity index is 953. The molecule has 6 nitrogen and oxygen atoms in total. The summed E-state index contributed by atoms with van der Waals surface area (Å²) in [5, 5.41) is 17.6. The van der Waals surface area contributed by atoms with Crippen LogP contribution in [0.2, 0.25) is 0 Å². The average Bonchev–Trinajstić information content (AvgIpc) is 3.38. The van der Waals surface area contributed by atoms with Crippen molar-refractivity contribution >= 4 is 5.91 Å². The fourth-order valence-electron chi connectivity index (χ4n) is 4.04. The minimum absolute atomic E-state index is 0.156. The van der Waals surface area contributed by atoms with Crippen LogP contribution >= 0.6 is 0 Å². The summed E-state index contributed by atoms with van der Waals surface area (Å²) < 4.78 is 1.87. The molecular formula is C23H26N4O2. The molecule has 1 unspecified atom stereocenters. The monoisotopic (exact) mass is 390 g/mol. The SMILES string of the molecule is NCc1cccc(-c2ccc(C(=O)N[C@@H]3CC(Cn4cccn4)C[C@H]3O)cc2)c1. The third-order valence-corrected chi connectivity index (χ3v) is 5.59. The first-order valence-electron chi connectivity index (χ1n) is 9.98. The summed E-state index contributed by atoms with van der Waals surface area (Å²) in [5.41, 5.74) is 9.50. The topological polar surface area (TPSA) is 93.2 Å². The number of hydrogen-bond acceptors (Lipinski definition) is 4. The summed E-state index contributed by atoms with van der Waals surface area (Å²) >= 11 is 0. The maximum absolute atomic E-state index is 12.7. The van der Waals surface area contributed by atoms with Gasteiger partial charge in [0.1, 0.15) is 0 Å². The molecule has 1 saturated carbocycles. The van der Waals surface area contributed by atoms with Gasteiger partial charge in [0.25, 0.3) is 5.91 Å².